The van der Waals surface area contributed by atoms with Gasteiger partial charge < -0.3 is 16.0 Å². The molecule has 0 bridgehead atoms. The van der Waals surface area contributed by atoms with E-state index in [9.17, 15) is 18.0 Å². The molecule has 4 rings (SSSR count). The molecule has 2 aliphatic rings. The summed E-state index contributed by atoms with van der Waals surface area (Å²) < 4.78 is 38.1. The molecule has 166 valence electrons. The maximum absolute atomic E-state index is 12.7. The number of fused-ring (bicyclic) bond motifs is 1. The van der Waals surface area contributed by atoms with Crippen LogP contribution in [0.1, 0.15) is 48.8 Å². The van der Waals surface area contributed by atoms with E-state index in [1.807, 2.05) is 0 Å². The zero-order valence-electron chi connectivity index (χ0n) is 17.1. The van der Waals surface area contributed by atoms with Crippen LogP contribution in [-0.4, -0.2) is 34.5 Å². The van der Waals surface area contributed by atoms with Gasteiger partial charge in [0, 0.05) is 25.3 Å². The Kier molecular flexibility index (Phi) is 6.04. The highest BCUT2D eigenvalue weighted by Gasteiger charge is 2.33. The van der Waals surface area contributed by atoms with E-state index >= 15 is 0 Å². The summed E-state index contributed by atoms with van der Waals surface area (Å²) in [4.78, 5) is 20.9. The molecule has 0 unspecified atom stereocenters. The van der Waals surface area contributed by atoms with E-state index in [-0.39, 0.29) is 30.0 Å². The van der Waals surface area contributed by atoms with Crippen molar-refractivity contribution in [2.24, 2.45) is 10.7 Å². The zero-order valence-corrected chi connectivity index (χ0v) is 17.1. The maximum Gasteiger partial charge on any atom is 0.401 e. The first-order valence-corrected chi connectivity index (χ1v) is 10.5. The second-order valence-corrected chi connectivity index (χ2v) is 8.29. The Morgan fingerprint density at radius 2 is 1.90 bits per heavy atom. The Hall–Kier alpha value is -2.81. The second-order valence-electron chi connectivity index (χ2n) is 8.29. The summed E-state index contributed by atoms with van der Waals surface area (Å²) in [7, 11) is 0. The molecule has 0 amide bonds. The molecular weight excluding hydrogens is 407 g/mol. The molecule has 0 atom stereocenters. The monoisotopic (exact) mass is 433 g/mol. The minimum atomic E-state index is -4.23. The van der Waals surface area contributed by atoms with E-state index in [0.717, 1.165) is 36.8 Å². The van der Waals surface area contributed by atoms with Crippen LogP contribution >= 0.6 is 0 Å². The highest BCUT2D eigenvalue weighted by molar-refractivity contribution is 6.03. The normalized spacial score (nSPS) is 18.2. The van der Waals surface area contributed by atoms with Gasteiger partial charge in [0.25, 0.3) is 5.56 Å². The summed E-state index contributed by atoms with van der Waals surface area (Å²) in [5, 5.41) is 3.43. The summed E-state index contributed by atoms with van der Waals surface area (Å²) in [6.45, 7) is -0.487. The molecule has 0 spiro atoms. The predicted molar refractivity (Wildman–Crippen MR) is 115 cm³/mol. The Morgan fingerprint density at radius 1 is 1.16 bits per heavy atom. The molecule has 2 aromatic rings. The van der Waals surface area contributed by atoms with Crippen LogP contribution in [0.3, 0.4) is 0 Å². The third kappa shape index (κ3) is 5.28. The van der Waals surface area contributed by atoms with Crippen LogP contribution in [0.2, 0.25) is 0 Å². The van der Waals surface area contributed by atoms with Crippen LogP contribution in [-0.2, 0) is 13.1 Å². The number of hydrogen-bond donors (Lipinski definition) is 3. The standard InChI is InChI=1S/C22H26F3N5O/c23-22(24,25)13-30-11-14-6-7-17(10-15(14)12-30)29-20(26)19-18(8-9-27-21(19)31)28-16-4-2-1-3-5-16/h6-10,16H,1-5,11-13H2,(H2,26,29)(H2,27,28,31). The summed E-state index contributed by atoms with van der Waals surface area (Å²) in [5.74, 6) is 0.0743. The Bertz CT molecular complexity index is 1020. The molecule has 1 aliphatic heterocycles. The molecule has 1 aromatic carbocycles. The second kappa shape index (κ2) is 8.74. The Labute approximate surface area is 178 Å². The van der Waals surface area contributed by atoms with Crippen molar-refractivity contribution in [2.75, 3.05) is 11.9 Å². The first-order valence-electron chi connectivity index (χ1n) is 10.5. The zero-order chi connectivity index (χ0) is 22.0. The molecule has 31 heavy (non-hydrogen) atoms. The van der Waals surface area contributed by atoms with E-state index in [0.29, 0.717) is 17.4 Å². The minimum Gasteiger partial charge on any atom is -0.383 e. The first-order chi connectivity index (χ1) is 14.8. The van der Waals surface area contributed by atoms with Crippen LogP contribution in [0, 0.1) is 0 Å². The molecule has 0 saturated heterocycles. The Morgan fingerprint density at radius 3 is 2.65 bits per heavy atom. The quantitative estimate of drug-likeness (QED) is 0.491. The first kappa shape index (κ1) is 21.4. The molecule has 6 nitrogen and oxygen atoms in total. The van der Waals surface area contributed by atoms with Crippen molar-refractivity contribution >= 4 is 17.2 Å². The van der Waals surface area contributed by atoms with Gasteiger partial charge in [-0.15, -0.1) is 0 Å². The number of aliphatic imine (C=N–C) groups is 1. The van der Waals surface area contributed by atoms with Crippen molar-refractivity contribution < 1.29 is 13.2 Å². The van der Waals surface area contributed by atoms with Gasteiger partial charge in [0.15, 0.2) is 0 Å². The van der Waals surface area contributed by atoms with Gasteiger partial charge in [0.05, 0.1) is 17.9 Å². The fraction of sp³-hybridized carbons (Fsp3) is 0.455. The summed E-state index contributed by atoms with van der Waals surface area (Å²) >= 11 is 0. The van der Waals surface area contributed by atoms with Crippen molar-refractivity contribution in [2.45, 2.75) is 57.4 Å². The molecule has 9 heteroatoms. The van der Waals surface area contributed by atoms with Gasteiger partial charge in [-0.25, -0.2) is 4.99 Å². The van der Waals surface area contributed by atoms with Crippen LogP contribution in [0.25, 0.3) is 0 Å². The van der Waals surface area contributed by atoms with E-state index in [4.69, 9.17) is 5.73 Å². The van der Waals surface area contributed by atoms with Gasteiger partial charge in [-0.1, -0.05) is 25.3 Å². The number of anilines is 1. The van der Waals surface area contributed by atoms with Gasteiger partial charge in [0.1, 0.15) is 11.4 Å². The SMILES string of the molecule is NC(=Nc1ccc2c(c1)CN(CC(F)(F)F)C2)c1c(NC2CCCCC2)cc[nH]c1=O. The van der Waals surface area contributed by atoms with E-state index in [1.165, 1.54) is 11.3 Å². The number of nitrogens with zero attached hydrogens (tertiary/aromatic N) is 2. The lowest BCUT2D eigenvalue weighted by molar-refractivity contribution is -0.146. The van der Waals surface area contributed by atoms with Crippen molar-refractivity contribution in [3.05, 3.63) is 57.5 Å². The lowest BCUT2D eigenvalue weighted by Gasteiger charge is -2.24. The smallest absolute Gasteiger partial charge is 0.383 e. The predicted octanol–water partition coefficient (Wildman–Crippen LogP) is 4.03. The summed E-state index contributed by atoms with van der Waals surface area (Å²) in [5.41, 5.74) is 8.97. The lowest BCUT2D eigenvalue weighted by Crippen LogP contribution is -2.30. The highest BCUT2D eigenvalue weighted by Crippen LogP contribution is 2.30. The van der Waals surface area contributed by atoms with Crippen molar-refractivity contribution in [3.63, 3.8) is 0 Å². The van der Waals surface area contributed by atoms with Gasteiger partial charge in [-0.05, 0) is 42.2 Å². The molecule has 1 aliphatic carbocycles. The fourth-order valence-corrected chi connectivity index (χ4v) is 4.40. The summed E-state index contributed by atoms with van der Waals surface area (Å²) in [6, 6.07) is 7.30. The number of aromatic amines is 1. The number of H-pyrrole nitrogens is 1. The molecule has 2 heterocycles. The topological polar surface area (TPSA) is 86.5 Å². The van der Waals surface area contributed by atoms with Crippen LogP contribution in [0.15, 0.2) is 40.2 Å². The average molecular weight is 433 g/mol. The van der Waals surface area contributed by atoms with E-state index < -0.39 is 12.7 Å². The van der Waals surface area contributed by atoms with Gasteiger partial charge in [-0.3, -0.25) is 9.69 Å². The molecule has 1 fully saturated rings. The third-order valence-electron chi connectivity index (χ3n) is 5.81. The number of hydrogen-bond acceptors (Lipinski definition) is 4. The number of nitrogens with one attached hydrogen (secondary N) is 2. The maximum atomic E-state index is 12.7. The molecule has 1 saturated carbocycles. The molecule has 4 N–H and O–H groups in total. The number of aromatic nitrogens is 1. The molecule has 0 radical (unpaired) electrons. The van der Waals surface area contributed by atoms with Gasteiger partial charge in [0.2, 0.25) is 0 Å². The van der Waals surface area contributed by atoms with Gasteiger partial charge >= 0.3 is 6.18 Å². The van der Waals surface area contributed by atoms with Crippen molar-refractivity contribution in [3.8, 4) is 0 Å². The van der Waals surface area contributed by atoms with E-state index in [1.54, 1.807) is 30.5 Å². The number of halogens is 3. The summed E-state index contributed by atoms with van der Waals surface area (Å²) in [6.07, 6.45) is 2.97. The number of alkyl halides is 3. The molecular formula is C22H26F3N5O. The fourth-order valence-electron chi connectivity index (χ4n) is 4.40. The largest absolute Gasteiger partial charge is 0.401 e. The molecule has 1 aromatic heterocycles. The highest BCUT2D eigenvalue weighted by atomic mass is 19.4. The number of rotatable bonds is 5. The van der Waals surface area contributed by atoms with Crippen LogP contribution in [0.4, 0.5) is 24.5 Å². The van der Waals surface area contributed by atoms with Gasteiger partial charge in [-0.2, -0.15) is 13.2 Å². The Balaban J connectivity index is 1.56. The van der Waals surface area contributed by atoms with Crippen LogP contribution in [0.5, 0.6) is 0 Å². The van der Waals surface area contributed by atoms with Crippen molar-refractivity contribution in [1.29, 1.82) is 0 Å². The third-order valence-corrected chi connectivity index (χ3v) is 5.81. The number of amidine groups is 1. The number of benzene rings is 1. The lowest BCUT2D eigenvalue weighted by atomic mass is 9.95. The van der Waals surface area contributed by atoms with Crippen molar-refractivity contribution in [1.82, 2.24) is 9.88 Å². The number of nitrogens with two attached hydrogens (primary N) is 1. The minimum absolute atomic E-state index is 0.0743. The average Bonchev–Trinajstić information content (AvgIpc) is 3.08. The van der Waals surface area contributed by atoms with Crippen LogP contribution < -0.4 is 16.6 Å². The number of pyridine rings is 1. The van der Waals surface area contributed by atoms with E-state index in [2.05, 4.69) is 15.3 Å².